The van der Waals surface area contributed by atoms with Gasteiger partial charge in [0, 0.05) is 17.2 Å². The van der Waals surface area contributed by atoms with Crippen LogP contribution in [0.3, 0.4) is 0 Å². The maximum atomic E-state index is 12.8. The molecule has 1 N–H and O–H groups in total. The minimum Gasteiger partial charge on any atom is -0.610 e. The summed E-state index contributed by atoms with van der Waals surface area (Å²) in [5, 5.41) is 4.14. The Morgan fingerprint density at radius 2 is 2.20 bits per heavy atom. The van der Waals surface area contributed by atoms with E-state index in [4.69, 9.17) is 9.26 Å². The second-order valence-corrected chi connectivity index (χ2v) is 6.90. The first-order chi connectivity index (χ1) is 11.9. The van der Waals surface area contributed by atoms with E-state index in [0.717, 1.165) is 0 Å². The summed E-state index contributed by atoms with van der Waals surface area (Å²) < 4.78 is 23.0. The molecule has 1 unspecified atom stereocenters. The van der Waals surface area contributed by atoms with Crippen molar-refractivity contribution in [2.75, 3.05) is 7.11 Å². The third-order valence-electron chi connectivity index (χ3n) is 3.71. The zero-order valence-corrected chi connectivity index (χ0v) is 14.7. The van der Waals surface area contributed by atoms with Crippen LogP contribution in [0.2, 0.25) is 0 Å². The van der Waals surface area contributed by atoms with E-state index in [1.165, 1.54) is 14.0 Å². The lowest BCUT2D eigenvalue weighted by Crippen LogP contribution is -2.22. The molecule has 2 aromatic heterocycles. The number of aromatic nitrogens is 2. The number of rotatable bonds is 5. The summed E-state index contributed by atoms with van der Waals surface area (Å²) in [4.78, 5) is 27.9. The molecule has 7 nitrogen and oxygen atoms in total. The van der Waals surface area contributed by atoms with Gasteiger partial charge >= 0.3 is 0 Å². The lowest BCUT2D eigenvalue weighted by molar-refractivity contribution is 0.101. The lowest BCUT2D eigenvalue weighted by Gasteiger charge is -2.13. The van der Waals surface area contributed by atoms with E-state index in [1.54, 1.807) is 31.2 Å². The van der Waals surface area contributed by atoms with Gasteiger partial charge in [-0.3, -0.25) is 9.59 Å². The molecule has 130 valence electrons. The molecule has 0 amide bonds. The van der Waals surface area contributed by atoms with Gasteiger partial charge in [0.05, 0.1) is 18.0 Å². The molecule has 0 radical (unpaired) electrons. The number of carbonyl (C=O) groups is 1. The highest BCUT2D eigenvalue weighted by Gasteiger charge is 2.27. The standard InChI is InChI=1S/C17H16N2O5S/c1-9-7-11(19-24-9)8-25(22)17-14(10(2)20)16(21)15-12(18-17)5-4-6-13(15)23-3/h4-7H,8H2,1-3H3,(H,18,21). The van der Waals surface area contributed by atoms with E-state index in [1.807, 2.05) is 0 Å². The number of fused-ring (bicyclic) bond motifs is 1. The van der Waals surface area contributed by atoms with Crippen molar-refractivity contribution in [3.05, 3.63) is 51.5 Å². The number of ether oxygens (including phenoxy) is 1. The Balaban J connectivity index is 2.18. The summed E-state index contributed by atoms with van der Waals surface area (Å²) in [6.45, 7) is 3.00. The molecule has 0 saturated carbocycles. The number of Topliss-reactive ketones (excluding diaryl/α,β-unsaturated/α-hetero) is 1. The van der Waals surface area contributed by atoms with Crippen molar-refractivity contribution in [2.24, 2.45) is 0 Å². The van der Waals surface area contributed by atoms with Gasteiger partial charge in [-0.05, 0) is 26.0 Å². The molecule has 0 bridgehead atoms. The topological polar surface area (TPSA) is 108 Å². The molecular weight excluding hydrogens is 344 g/mol. The highest BCUT2D eigenvalue weighted by molar-refractivity contribution is 7.90. The van der Waals surface area contributed by atoms with Crippen LogP contribution < -0.4 is 10.2 Å². The van der Waals surface area contributed by atoms with Crippen molar-refractivity contribution in [1.29, 1.82) is 0 Å². The second-order valence-electron chi connectivity index (χ2n) is 5.52. The van der Waals surface area contributed by atoms with Crippen LogP contribution in [0.25, 0.3) is 10.9 Å². The Morgan fingerprint density at radius 3 is 2.80 bits per heavy atom. The minimum absolute atomic E-state index is 0.0308. The molecule has 1 aromatic carbocycles. The molecular formula is C17H16N2O5S. The number of ketones is 1. The van der Waals surface area contributed by atoms with Crippen molar-refractivity contribution in [1.82, 2.24) is 10.1 Å². The zero-order chi connectivity index (χ0) is 18.1. The molecule has 0 saturated heterocycles. The fourth-order valence-corrected chi connectivity index (χ4v) is 3.87. The summed E-state index contributed by atoms with van der Waals surface area (Å²) in [7, 11) is 1.45. The zero-order valence-electron chi connectivity index (χ0n) is 13.9. The van der Waals surface area contributed by atoms with Crippen molar-refractivity contribution < 1.29 is 18.6 Å². The Morgan fingerprint density at radius 1 is 1.44 bits per heavy atom. The normalized spacial score (nSPS) is 12.3. The first kappa shape index (κ1) is 17.2. The predicted octanol–water partition coefficient (Wildman–Crippen LogP) is 2.34. The number of H-pyrrole nitrogens is 1. The predicted molar refractivity (Wildman–Crippen MR) is 92.5 cm³/mol. The summed E-state index contributed by atoms with van der Waals surface area (Å²) in [6.07, 6.45) is 0. The SMILES string of the molecule is COc1cccc2[nH]c([S+]([O-])Cc3cc(C)on3)c(C(C)=O)c(=O)c12. The van der Waals surface area contributed by atoms with Crippen molar-refractivity contribution in [3.63, 3.8) is 0 Å². The van der Waals surface area contributed by atoms with Gasteiger partial charge in [-0.15, -0.1) is 0 Å². The number of aromatic amines is 1. The number of carbonyl (C=O) groups excluding carboxylic acids is 1. The highest BCUT2D eigenvalue weighted by Crippen LogP contribution is 2.25. The van der Waals surface area contributed by atoms with Crippen LogP contribution in [0.1, 0.15) is 28.7 Å². The van der Waals surface area contributed by atoms with Gasteiger partial charge in [0.15, 0.2) is 11.5 Å². The van der Waals surface area contributed by atoms with Gasteiger partial charge in [0.25, 0.3) is 0 Å². The monoisotopic (exact) mass is 360 g/mol. The fourth-order valence-electron chi connectivity index (χ4n) is 2.64. The number of pyridine rings is 1. The minimum atomic E-state index is -1.67. The third kappa shape index (κ3) is 3.18. The molecule has 0 aliphatic heterocycles. The van der Waals surface area contributed by atoms with Gasteiger partial charge in [0.2, 0.25) is 10.5 Å². The number of nitrogens with zero attached hydrogens (tertiary/aromatic N) is 1. The van der Waals surface area contributed by atoms with E-state index in [-0.39, 0.29) is 21.7 Å². The summed E-state index contributed by atoms with van der Waals surface area (Å²) >= 11 is -1.67. The van der Waals surface area contributed by atoms with E-state index in [9.17, 15) is 14.1 Å². The van der Waals surface area contributed by atoms with Gasteiger partial charge in [-0.25, -0.2) is 0 Å². The van der Waals surface area contributed by atoms with E-state index in [0.29, 0.717) is 22.7 Å². The molecule has 0 fully saturated rings. The molecule has 1 atom stereocenters. The first-order valence-corrected chi connectivity index (χ1v) is 8.78. The number of aryl methyl sites for hydroxylation is 1. The molecule has 25 heavy (non-hydrogen) atoms. The van der Waals surface area contributed by atoms with E-state index >= 15 is 0 Å². The average Bonchev–Trinajstić information content (AvgIpc) is 2.98. The van der Waals surface area contributed by atoms with Crippen molar-refractivity contribution in [3.8, 4) is 5.75 Å². The third-order valence-corrected chi connectivity index (χ3v) is 5.03. The molecule has 0 spiro atoms. The molecule has 0 aliphatic carbocycles. The Kier molecular flexibility index (Phi) is 4.65. The largest absolute Gasteiger partial charge is 0.610 e. The molecule has 2 heterocycles. The smallest absolute Gasteiger partial charge is 0.238 e. The molecule has 0 aliphatic rings. The van der Waals surface area contributed by atoms with E-state index < -0.39 is 22.4 Å². The van der Waals surface area contributed by atoms with Crippen LogP contribution >= 0.6 is 0 Å². The summed E-state index contributed by atoms with van der Waals surface area (Å²) in [5.74, 6) is 0.512. The Hall–Kier alpha value is -2.58. The quantitative estimate of drug-likeness (QED) is 0.553. The number of hydrogen-bond donors (Lipinski definition) is 1. The second kappa shape index (κ2) is 6.73. The Labute approximate surface area is 146 Å². The summed E-state index contributed by atoms with van der Waals surface area (Å²) in [6, 6.07) is 6.67. The number of hydrogen-bond acceptors (Lipinski definition) is 6. The van der Waals surface area contributed by atoms with Crippen LogP contribution in [0, 0.1) is 6.92 Å². The number of nitrogens with one attached hydrogen (secondary N) is 1. The maximum absolute atomic E-state index is 12.8. The Bertz CT molecular complexity index is 1010. The van der Waals surface area contributed by atoms with Crippen molar-refractivity contribution >= 4 is 27.9 Å². The van der Waals surface area contributed by atoms with Gasteiger partial charge in [-0.2, -0.15) is 0 Å². The van der Waals surface area contributed by atoms with Crippen LogP contribution in [-0.4, -0.2) is 27.6 Å². The highest BCUT2D eigenvalue weighted by atomic mass is 32.2. The van der Waals surface area contributed by atoms with Crippen LogP contribution in [0.5, 0.6) is 5.75 Å². The first-order valence-electron chi connectivity index (χ1n) is 7.47. The number of methoxy groups -OCH3 is 1. The van der Waals surface area contributed by atoms with Gasteiger partial charge in [-0.1, -0.05) is 11.2 Å². The average molecular weight is 360 g/mol. The van der Waals surface area contributed by atoms with Gasteiger partial charge in [0.1, 0.15) is 22.8 Å². The van der Waals surface area contributed by atoms with Crippen LogP contribution in [-0.2, 0) is 16.9 Å². The lowest BCUT2D eigenvalue weighted by atomic mass is 10.1. The van der Waals surface area contributed by atoms with E-state index in [2.05, 4.69) is 10.1 Å². The maximum Gasteiger partial charge on any atom is 0.238 e. The van der Waals surface area contributed by atoms with Crippen LogP contribution in [0.15, 0.2) is 38.6 Å². The molecule has 8 heteroatoms. The molecule has 3 rings (SSSR count). The fraction of sp³-hybridized carbons (Fsp3) is 0.235. The van der Waals surface area contributed by atoms with Crippen LogP contribution in [0.4, 0.5) is 0 Å². The molecule has 3 aromatic rings. The number of benzene rings is 1. The van der Waals surface area contributed by atoms with Crippen molar-refractivity contribution in [2.45, 2.75) is 24.6 Å². The van der Waals surface area contributed by atoms with Gasteiger partial charge < -0.3 is 18.8 Å². The summed E-state index contributed by atoms with van der Waals surface area (Å²) in [5.41, 5.74) is 0.305.